The molecule has 0 saturated heterocycles. The number of thioether (sulfide) groups is 1. The lowest BCUT2D eigenvalue weighted by atomic mass is 10.1. The highest BCUT2D eigenvalue weighted by molar-refractivity contribution is 8.00. The Labute approximate surface area is 100.0 Å². The van der Waals surface area contributed by atoms with Gasteiger partial charge in [0.2, 0.25) is 0 Å². The van der Waals surface area contributed by atoms with Crippen molar-refractivity contribution in [3.8, 4) is 0 Å². The van der Waals surface area contributed by atoms with Crippen LogP contribution in [0.3, 0.4) is 0 Å². The number of carbonyl (C=O) groups is 1. The van der Waals surface area contributed by atoms with Crippen LogP contribution in [0.4, 0.5) is 13.2 Å². The molecule has 16 heavy (non-hydrogen) atoms. The highest BCUT2D eigenvalue weighted by Crippen LogP contribution is 2.40. The van der Waals surface area contributed by atoms with Crippen LogP contribution in [-0.4, -0.2) is 11.3 Å². The molecule has 0 spiro atoms. The fourth-order valence-corrected chi connectivity index (χ4v) is 2.18. The van der Waals surface area contributed by atoms with Crippen LogP contribution in [0.1, 0.15) is 12.5 Å². The molecule has 0 heterocycles. The largest absolute Gasteiger partial charge is 0.446 e. The van der Waals surface area contributed by atoms with E-state index in [1.54, 1.807) is 0 Å². The van der Waals surface area contributed by atoms with Gasteiger partial charge in [0.15, 0.2) is 0 Å². The zero-order valence-corrected chi connectivity index (χ0v) is 9.84. The van der Waals surface area contributed by atoms with Gasteiger partial charge in [0, 0.05) is 16.3 Å². The predicted octanol–water partition coefficient (Wildman–Crippen LogP) is 4.08. The Hall–Kier alpha value is -0.680. The Morgan fingerprint density at radius 2 is 2.06 bits per heavy atom. The number of halogens is 4. The molecule has 0 bridgehead atoms. The lowest BCUT2D eigenvalue weighted by molar-refractivity contribution is -0.116. The molecule has 0 amide bonds. The maximum absolute atomic E-state index is 12.2. The molecule has 1 aromatic rings. The summed E-state index contributed by atoms with van der Waals surface area (Å²) in [5.41, 5.74) is -4.14. The van der Waals surface area contributed by atoms with Crippen LogP contribution in [0.2, 0.25) is 5.02 Å². The van der Waals surface area contributed by atoms with E-state index in [1.165, 1.54) is 25.1 Å². The summed E-state index contributed by atoms with van der Waals surface area (Å²) in [5, 5.41) is 0.185. The first-order valence-corrected chi connectivity index (χ1v) is 5.51. The molecule has 0 radical (unpaired) electrons. The highest BCUT2D eigenvalue weighted by Gasteiger charge is 2.30. The topological polar surface area (TPSA) is 17.1 Å². The van der Waals surface area contributed by atoms with E-state index in [2.05, 4.69) is 0 Å². The Morgan fingerprint density at radius 3 is 2.56 bits per heavy atom. The average Bonchev–Trinajstić information content (AvgIpc) is 2.08. The van der Waals surface area contributed by atoms with Gasteiger partial charge >= 0.3 is 5.51 Å². The van der Waals surface area contributed by atoms with Crippen molar-refractivity contribution in [3.63, 3.8) is 0 Å². The average molecular weight is 269 g/mol. The number of hydrogen-bond donors (Lipinski definition) is 0. The van der Waals surface area contributed by atoms with Crippen LogP contribution in [-0.2, 0) is 11.2 Å². The zero-order valence-electron chi connectivity index (χ0n) is 8.27. The standard InChI is InChI=1S/C10H8ClF3OS/c1-6(15)5-7-8(11)3-2-4-9(7)16-10(12,13)14/h2-4H,5H2,1H3. The lowest BCUT2D eigenvalue weighted by Crippen LogP contribution is -2.04. The number of benzene rings is 1. The number of rotatable bonds is 3. The first-order chi connectivity index (χ1) is 7.29. The van der Waals surface area contributed by atoms with Gasteiger partial charge in [-0.2, -0.15) is 13.2 Å². The maximum atomic E-state index is 12.2. The molecule has 0 unspecified atom stereocenters. The van der Waals surface area contributed by atoms with Gasteiger partial charge in [-0.3, -0.25) is 4.79 Å². The van der Waals surface area contributed by atoms with Crippen molar-refractivity contribution in [1.82, 2.24) is 0 Å². The first-order valence-electron chi connectivity index (χ1n) is 4.32. The normalized spacial score (nSPS) is 11.6. The van der Waals surface area contributed by atoms with Gasteiger partial charge < -0.3 is 0 Å². The molecule has 88 valence electrons. The smallest absolute Gasteiger partial charge is 0.300 e. The van der Waals surface area contributed by atoms with Gasteiger partial charge in [-0.05, 0) is 36.4 Å². The van der Waals surface area contributed by atoms with E-state index in [0.717, 1.165) is 0 Å². The Kier molecular flexibility index (Phi) is 4.27. The van der Waals surface area contributed by atoms with Crippen LogP contribution in [0.15, 0.2) is 23.1 Å². The van der Waals surface area contributed by atoms with Crippen LogP contribution in [0, 0.1) is 0 Å². The molecule has 0 fully saturated rings. The van der Waals surface area contributed by atoms with Crippen molar-refractivity contribution in [2.75, 3.05) is 0 Å². The summed E-state index contributed by atoms with van der Waals surface area (Å²) in [4.78, 5) is 10.9. The van der Waals surface area contributed by atoms with E-state index >= 15 is 0 Å². The van der Waals surface area contributed by atoms with E-state index in [-0.39, 0.29) is 39.4 Å². The Balaban J connectivity index is 3.07. The molecule has 0 aliphatic heterocycles. The zero-order chi connectivity index (χ0) is 12.3. The predicted molar refractivity (Wildman–Crippen MR) is 57.7 cm³/mol. The van der Waals surface area contributed by atoms with Gasteiger partial charge in [-0.15, -0.1) is 0 Å². The van der Waals surface area contributed by atoms with Crippen molar-refractivity contribution in [1.29, 1.82) is 0 Å². The minimum atomic E-state index is -4.38. The fraction of sp³-hybridized carbons (Fsp3) is 0.300. The fourth-order valence-electron chi connectivity index (χ4n) is 1.18. The molecular formula is C10H8ClF3OS. The molecule has 0 aromatic heterocycles. The van der Waals surface area contributed by atoms with Crippen LogP contribution < -0.4 is 0 Å². The maximum Gasteiger partial charge on any atom is 0.446 e. The van der Waals surface area contributed by atoms with Crippen molar-refractivity contribution < 1.29 is 18.0 Å². The molecule has 0 saturated carbocycles. The summed E-state index contributed by atoms with van der Waals surface area (Å²) in [5.74, 6) is -0.225. The van der Waals surface area contributed by atoms with E-state index in [4.69, 9.17) is 11.6 Å². The third-order valence-electron chi connectivity index (χ3n) is 1.73. The van der Waals surface area contributed by atoms with Gasteiger partial charge in [-0.25, -0.2) is 0 Å². The second-order valence-corrected chi connectivity index (χ2v) is 4.66. The monoisotopic (exact) mass is 268 g/mol. The minimum absolute atomic E-state index is 0.0183. The van der Waals surface area contributed by atoms with E-state index in [1.807, 2.05) is 0 Å². The minimum Gasteiger partial charge on any atom is -0.300 e. The van der Waals surface area contributed by atoms with Crippen molar-refractivity contribution in [2.24, 2.45) is 0 Å². The third-order valence-corrected chi connectivity index (χ3v) is 2.92. The van der Waals surface area contributed by atoms with Crippen molar-refractivity contribution >= 4 is 29.1 Å². The van der Waals surface area contributed by atoms with Gasteiger partial charge in [0.25, 0.3) is 0 Å². The van der Waals surface area contributed by atoms with Crippen LogP contribution in [0.5, 0.6) is 0 Å². The molecule has 0 N–H and O–H groups in total. The molecule has 0 atom stereocenters. The van der Waals surface area contributed by atoms with Crippen molar-refractivity contribution in [3.05, 3.63) is 28.8 Å². The van der Waals surface area contributed by atoms with E-state index < -0.39 is 5.51 Å². The number of hydrogen-bond acceptors (Lipinski definition) is 2. The summed E-state index contributed by atoms with van der Waals surface area (Å²) >= 11 is 5.52. The van der Waals surface area contributed by atoms with Crippen LogP contribution in [0.25, 0.3) is 0 Å². The van der Waals surface area contributed by atoms with Gasteiger partial charge in [-0.1, -0.05) is 17.7 Å². The number of ketones is 1. The summed E-state index contributed by atoms with van der Waals surface area (Å²) in [6.07, 6.45) is -0.0852. The summed E-state index contributed by atoms with van der Waals surface area (Å²) < 4.78 is 36.7. The van der Waals surface area contributed by atoms with E-state index in [9.17, 15) is 18.0 Å². The molecular weight excluding hydrogens is 261 g/mol. The molecule has 1 rings (SSSR count). The summed E-state index contributed by atoms with van der Waals surface area (Å²) in [6.45, 7) is 1.31. The molecule has 0 aliphatic rings. The summed E-state index contributed by atoms with van der Waals surface area (Å²) in [6, 6.07) is 4.21. The van der Waals surface area contributed by atoms with Crippen LogP contribution >= 0.6 is 23.4 Å². The first kappa shape index (κ1) is 13.4. The molecule has 1 aromatic carbocycles. The Bertz CT molecular complexity index is 404. The third kappa shape index (κ3) is 4.06. The van der Waals surface area contributed by atoms with Gasteiger partial charge in [0.05, 0.1) is 0 Å². The SMILES string of the molecule is CC(=O)Cc1c(Cl)cccc1SC(F)(F)F. The lowest BCUT2D eigenvalue weighted by Gasteiger charge is -2.11. The second-order valence-electron chi connectivity index (χ2n) is 3.14. The summed E-state index contributed by atoms with van der Waals surface area (Å²) in [7, 11) is 0. The Morgan fingerprint density at radius 1 is 1.44 bits per heavy atom. The second kappa shape index (κ2) is 5.10. The number of Topliss-reactive ketones (excluding diaryl/α,β-unsaturated/α-hetero) is 1. The number of carbonyl (C=O) groups excluding carboxylic acids is 1. The number of alkyl halides is 3. The van der Waals surface area contributed by atoms with Gasteiger partial charge in [0.1, 0.15) is 5.78 Å². The molecule has 1 nitrogen and oxygen atoms in total. The van der Waals surface area contributed by atoms with Crippen molar-refractivity contribution in [2.45, 2.75) is 23.7 Å². The molecule has 0 aliphatic carbocycles. The quantitative estimate of drug-likeness (QED) is 0.768. The highest BCUT2D eigenvalue weighted by atomic mass is 35.5. The molecule has 6 heteroatoms. The van der Waals surface area contributed by atoms with E-state index in [0.29, 0.717) is 0 Å².